The number of nitrogens with one attached hydrogen (secondary N) is 1. The Hall–Kier alpha value is -1.07. The molecule has 0 aliphatic rings. The summed E-state index contributed by atoms with van der Waals surface area (Å²) in [5.41, 5.74) is 2.25. The lowest BCUT2D eigenvalue weighted by Gasteiger charge is -2.08. The summed E-state index contributed by atoms with van der Waals surface area (Å²) in [6.45, 7) is 5.78. The zero-order chi connectivity index (χ0) is 13.8. The molecule has 0 unspecified atom stereocenters. The Kier molecular flexibility index (Phi) is 4.82. The van der Waals surface area contributed by atoms with Crippen LogP contribution in [0.4, 0.5) is 5.82 Å². The maximum atomic E-state index is 6.08. The molecule has 4 nitrogen and oxygen atoms in total. The Morgan fingerprint density at radius 1 is 1.37 bits per heavy atom. The molecule has 0 radical (unpaired) electrons. The first-order valence-electron chi connectivity index (χ1n) is 6.12. The van der Waals surface area contributed by atoms with Gasteiger partial charge >= 0.3 is 0 Å². The zero-order valence-corrected chi connectivity index (χ0v) is 13.3. The first-order valence-corrected chi connectivity index (χ1v) is 7.29. The summed E-state index contributed by atoms with van der Waals surface area (Å²) in [5, 5.41) is 8.28. The minimum Gasteiger partial charge on any atom is -0.369 e. The van der Waals surface area contributed by atoms with Crippen molar-refractivity contribution in [1.82, 2.24) is 14.8 Å². The van der Waals surface area contributed by atoms with Crippen molar-refractivity contribution in [3.05, 3.63) is 39.2 Å². The van der Waals surface area contributed by atoms with Crippen LogP contribution in [0.3, 0.4) is 0 Å². The van der Waals surface area contributed by atoms with Gasteiger partial charge in [0.2, 0.25) is 0 Å². The Morgan fingerprint density at radius 3 is 2.79 bits per heavy atom. The third-order valence-corrected chi connectivity index (χ3v) is 3.47. The van der Waals surface area contributed by atoms with E-state index in [4.69, 9.17) is 11.6 Å². The van der Waals surface area contributed by atoms with Crippen LogP contribution < -0.4 is 5.32 Å². The topological polar surface area (TPSA) is 42.7 Å². The third-order valence-electron chi connectivity index (χ3n) is 2.75. The number of pyridine rings is 1. The van der Waals surface area contributed by atoms with Gasteiger partial charge in [-0.05, 0) is 48.3 Å². The maximum absolute atomic E-state index is 6.08. The molecular formula is C13H16BrClN4. The van der Waals surface area contributed by atoms with E-state index in [9.17, 15) is 0 Å². The van der Waals surface area contributed by atoms with E-state index in [2.05, 4.69) is 44.3 Å². The summed E-state index contributed by atoms with van der Waals surface area (Å²) < 4.78 is 2.90. The Bertz CT molecular complexity index is 568. The van der Waals surface area contributed by atoms with Gasteiger partial charge in [0.1, 0.15) is 5.82 Å². The van der Waals surface area contributed by atoms with E-state index in [0.29, 0.717) is 5.02 Å². The quantitative estimate of drug-likeness (QED) is 0.839. The molecule has 0 amide bonds. The molecule has 6 heteroatoms. The van der Waals surface area contributed by atoms with E-state index in [1.54, 1.807) is 6.20 Å². The summed E-state index contributed by atoms with van der Waals surface area (Å²) in [6.07, 6.45) is 2.70. The van der Waals surface area contributed by atoms with Gasteiger partial charge in [0.25, 0.3) is 0 Å². The van der Waals surface area contributed by atoms with Crippen molar-refractivity contribution in [3.8, 4) is 0 Å². The fourth-order valence-electron chi connectivity index (χ4n) is 1.88. The molecule has 2 aromatic rings. The van der Waals surface area contributed by atoms with Gasteiger partial charge in [0.15, 0.2) is 0 Å². The molecule has 0 saturated carbocycles. The molecule has 19 heavy (non-hydrogen) atoms. The van der Waals surface area contributed by atoms with Gasteiger partial charge in [-0.3, -0.25) is 4.68 Å². The van der Waals surface area contributed by atoms with Gasteiger partial charge in [-0.2, -0.15) is 5.10 Å². The molecule has 0 spiro atoms. The standard InChI is InChI=1S/C13H16BrClN4/c1-9-6-10(2)19(18-9)5-3-4-16-13-12(15)7-11(14)8-17-13/h6-8H,3-5H2,1-2H3,(H,16,17). The lowest BCUT2D eigenvalue weighted by atomic mass is 10.3. The molecular weight excluding hydrogens is 328 g/mol. The van der Waals surface area contributed by atoms with E-state index < -0.39 is 0 Å². The Labute approximate surface area is 126 Å². The van der Waals surface area contributed by atoms with E-state index in [1.807, 2.05) is 17.7 Å². The molecule has 1 N–H and O–H groups in total. The van der Waals surface area contributed by atoms with Crippen LogP contribution in [0.15, 0.2) is 22.8 Å². The number of aryl methyl sites for hydroxylation is 3. The SMILES string of the molecule is Cc1cc(C)n(CCCNc2ncc(Br)cc2Cl)n1. The smallest absolute Gasteiger partial charge is 0.144 e. The third kappa shape index (κ3) is 3.94. The average Bonchev–Trinajstić information content (AvgIpc) is 2.65. The van der Waals surface area contributed by atoms with Crippen LogP contribution >= 0.6 is 27.5 Å². The highest BCUT2D eigenvalue weighted by atomic mass is 79.9. The van der Waals surface area contributed by atoms with E-state index >= 15 is 0 Å². The number of aromatic nitrogens is 3. The number of hydrogen-bond donors (Lipinski definition) is 1. The number of rotatable bonds is 5. The molecule has 2 rings (SSSR count). The normalized spacial score (nSPS) is 10.7. The molecule has 0 bridgehead atoms. The first kappa shape index (κ1) is 14.3. The van der Waals surface area contributed by atoms with Crippen LogP contribution in [0.25, 0.3) is 0 Å². The van der Waals surface area contributed by atoms with Crippen molar-refractivity contribution in [3.63, 3.8) is 0 Å². The van der Waals surface area contributed by atoms with Gasteiger partial charge in [-0.15, -0.1) is 0 Å². The van der Waals surface area contributed by atoms with Gasteiger partial charge in [0, 0.05) is 29.5 Å². The second kappa shape index (κ2) is 6.39. The molecule has 2 aromatic heterocycles. The first-order chi connectivity index (χ1) is 9.06. The van der Waals surface area contributed by atoms with Crippen molar-refractivity contribution in [2.45, 2.75) is 26.8 Å². The molecule has 0 aliphatic carbocycles. The Balaban J connectivity index is 1.82. The van der Waals surface area contributed by atoms with Crippen molar-refractivity contribution >= 4 is 33.3 Å². The minimum atomic E-state index is 0.625. The van der Waals surface area contributed by atoms with Crippen molar-refractivity contribution in [2.75, 3.05) is 11.9 Å². The van der Waals surface area contributed by atoms with Crippen molar-refractivity contribution < 1.29 is 0 Å². The summed E-state index contributed by atoms with van der Waals surface area (Å²) in [6, 6.07) is 3.92. The summed E-state index contributed by atoms with van der Waals surface area (Å²) >= 11 is 9.41. The molecule has 0 atom stereocenters. The van der Waals surface area contributed by atoms with Gasteiger partial charge in [0.05, 0.1) is 10.7 Å². The largest absolute Gasteiger partial charge is 0.369 e. The van der Waals surface area contributed by atoms with Crippen LogP contribution in [0.2, 0.25) is 5.02 Å². The number of hydrogen-bond acceptors (Lipinski definition) is 3. The lowest BCUT2D eigenvalue weighted by Crippen LogP contribution is -2.09. The number of halogens is 2. The highest BCUT2D eigenvalue weighted by molar-refractivity contribution is 9.10. The monoisotopic (exact) mass is 342 g/mol. The van der Waals surface area contributed by atoms with Gasteiger partial charge < -0.3 is 5.32 Å². The fraction of sp³-hybridized carbons (Fsp3) is 0.385. The van der Waals surface area contributed by atoms with E-state index in [1.165, 1.54) is 5.69 Å². The highest BCUT2D eigenvalue weighted by Gasteiger charge is 2.03. The number of anilines is 1. The van der Waals surface area contributed by atoms with Gasteiger partial charge in [-0.25, -0.2) is 4.98 Å². The van der Waals surface area contributed by atoms with Crippen molar-refractivity contribution in [2.24, 2.45) is 0 Å². The predicted octanol–water partition coefficient (Wildman–Crippen LogP) is 3.81. The van der Waals surface area contributed by atoms with Crippen molar-refractivity contribution in [1.29, 1.82) is 0 Å². The molecule has 102 valence electrons. The zero-order valence-electron chi connectivity index (χ0n) is 11.0. The molecule has 2 heterocycles. The van der Waals surface area contributed by atoms with Gasteiger partial charge in [-0.1, -0.05) is 11.6 Å². The molecule has 0 aromatic carbocycles. The highest BCUT2D eigenvalue weighted by Crippen LogP contribution is 2.22. The molecule has 0 fully saturated rings. The number of nitrogens with zero attached hydrogens (tertiary/aromatic N) is 3. The predicted molar refractivity (Wildman–Crippen MR) is 81.8 cm³/mol. The summed E-state index contributed by atoms with van der Waals surface area (Å²) in [7, 11) is 0. The van der Waals surface area contributed by atoms with Crippen LogP contribution in [0.1, 0.15) is 17.8 Å². The van der Waals surface area contributed by atoms with Crippen LogP contribution in [0.5, 0.6) is 0 Å². The molecule has 0 saturated heterocycles. The van der Waals surface area contributed by atoms with Crippen LogP contribution in [-0.4, -0.2) is 21.3 Å². The summed E-state index contributed by atoms with van der Waals surface area (Å²) in [4.78, 5) is 4.23. The van der Waals surface area contributed by atoms with E-state index in [-0.39, 0.29) is 0 Å². The van der Waals surface area contributed by atoms with E-state index in [0.717, 1.165) is 35.5 Å². The average molecular weight is 344 g/mol. The maximum Gasteiger partial charge on any atom is 0.144 e. The fourth-order valence-corrected chi connectivity index (χ4v) is 2.58. The second-order valence-electron chi connectivity index (χ2n) is 4.41. The minimum absolute atomic E-state index is 0.625. The lowest BCUT2D eigenvalue weighted by molar-refractivity contribution is 0.573. The Morgan fingerprint density at radius 2 is 2.16 bits per heavy atom. The summed E-state index contributed by atoms with van der Waals surface area (Å²) in [5.74, 6) is 0.721. The van der Waals surface area contributed by atoms with Crippen LogP contribution in [0, 0.1) is 13.8 Å². The van der Waals surface area contributed by atoms with Crippen LogP contribution in [-0.2, 0) is 6.54 Å². The molecule has 0 aliphatic heterocycles. The second-order valence-corrected chi connectivity index (χ2v) is 5.74.